The van der Waals surface area contributed by atoms with Crippen LogP contribution in [0.15, 0.2) is 58.2 Å². The first-order valence-electron chi connectivity index (χ1n) is 10.3. The molecular formula is C22H26N4O4S. The van der Waals surface area contributed by atoms with Crippen molar-refractivity contribution in [3.8, 4) is 11.5 Å². The minimum Gasteiger partial charge on any atom is -0.442 e. The minimum absolute atomic E-state index is 0.123. The lowest BCUT2D eigenvalue weighted by Gasteiger charge is -2.30. The van der Waals surface area contributed by atoms with E-state index in [0.29, 0.717) is 42.4 Å². The fraction of sp³-hybridized carbons (Fsp3) is 0.364. The fourth-order valence-corrected chi connectivity index (χ4v) is 5.13. The molecule has 1 fully saturated rings. The first-order chi connectivity index (χ1) is 14.8. The Morgan fingerprint density at radius 1 is 1.19 bits per heavy atom. The SMILES string of the molecule is CC(C)c1ccc(NC(=O)C2CCCN(S(=O)(=O)c3ccc(-c4ccn[nH]4)o3)C2)cc1. The normalized spacial score (nSPS) is 17.7. The third-order valence-electron chi connectivity index (χ3n) is 5.54. The second-order valence-electron chi connectivity index (χ2n) is 8.06. The Balaban J connectivity index is 1.44. The molecule has 1 atom stereocenters. The molecule has 1 amide bonds. The number of anilines is 1. The molecule has 1 aromatic carbocycles. The number of nitrogens with zero attached hydrogens (tertiary/aromatic N) is 2. The number of amides is 1. The number of carbonyl (C=O) groups is 1. The molecule has 8 nitrogen and oxygen atoms in total. The highest BCUT2D eigenvalue weighted by molar-refractivity contribution is 7.89. The van der Waals surface area contributed by atoms with E-state index in [4.69, 9.17) is 4.42 Å². The summed E-state index contributed by atoms with van der Waals surface area (Å²) in [7, 11) is -3.83. The number of carbonyl (C=O) groups excluding carboxylic acids is 1. The molecule has 9 heteroatoms. The van der Waals surface area contributed by atoms with Crippen LogP contribution in [-0.2, 0) is 14.8 Å². The Kier molecular flexibility index (Phi) is 5.97. The lowest BCUT2D eigenvalue weighted by molar-refractivity contribution is -0.120. The summed E-state index contributed by atoms with van der Waals surface area (Å²) in [5.74, 6) is 0.217. The summed E-state index contributed by atoms with van der Waals surface area (Å²) >= 11 is 0. The minimum atomic E-state index is -3.83. The number of piperidine rings is 1. The summed E-state index contributed by atoms with van der Waals surface area (Å²) in [5.41, 5.74) is 2.51. The number of hydrogen-bond donors (Lipinski definition) is 2. The maximum atomic E-state index is 13.1. The van der Waals surface area contributed by atoms with Gasteiger partial charge < -0.3 is 9.73 Å². The Morgan fingerprint density at radius 3 is 2.65 bits per heavy atom. The number of aromatic amines is 1. The van der Waals surface area contributed by atoms with E-state index >= 15 is 0 Å². The zero-order valence-corrected chi connectivity index (χ0v) is 18.4. The maximum absolute atomic E-state index is 13.1. The van der Waals surface area contributed by atoms with Gasteiger partial charge in [-0.15, -0.1) is 0 Å². The molecule has 0 spiro atoms. The van der Waals surface area contributed by atoms with Crippen molar-refractivity contribution < 1.29 is 17.6 Å². The van der Waals surface area contributed by atoms with Crippen LogP contribution in [0.3, 0.4) is 0 Å². The van der Waals surface area contributed by atoms with Gasteiger partial charge in [-0.05, 0) is 54.7 Å². The van der Waals surface area contributed by atoms with Gasteiger partial charge in [-0.2, -0.15) is 9.40 Å². The van der Waals surface area contributed by atoms with Crippen LogP contribution in [-0.4, -0.2) is 41.9 Å². The van der Waals surface area contributed by atoms with E-state index in [2.05, 4.69) is 29.4 Å². The van der Waals surface area contributed by atoms with Gasteiger partial charge in [0.05, 0.1) is 5.92 Å². The van der Waals surface area contributed by atoms with Crippen molar-refractivity contribution in [2.75, 3.05) is 18.4 Å². The molecule has 0 aliphatic carbocycles. The molecule has 0 radical (unpaired) electrons. The Labute approximate surface area is 181 Å². The number of aromatic nitrogens is 2. The summed E-state index contributed by atoms with van der Waals surface area (Å²) in [6.45, 7) is 4.71. The number of sulfonamides is 1. The van der Waals surface area contributed by atoms with Gasteiger partial charge in [0, 0.05) is 25.0 Å². The van der Waals surface area contributed by atoms with Crippen LogP contribution in [0.2, 0.25) is 0 Å². The van der Waals surface area contributed by atoms with Gasteiger partial charge in [-0.1, -0.05) is 26.0 Å². The smallest absolute Gasteiger partial charge is 0.276 e. The molecule has 3 heterocycles. The third kappa shape index (κ3) is 4.57. The number of rotatable bonds is 6. The van der Waals surface area contributed by atoms with E-state index in [1.807, 2.05) is 24.3 Å². The van der Waals surface area contributed by atoms with Gasteiger partial charge in [-0.3, -0.25) is 9.89 Å². The lowest BCUT2D eigenvalue weighted by atomic mass is 9.98. The van der Waals surface area contributed by atoms with E-state index in [9.17, 15) is 13.2 Å². The molecule has 3 aromatic rings. The van der Waals surface area contributed by atoms with Crippen LogP contribution in [0.5, 0.6) is 0 Å². The number of benzene rings is 1. The third-order valence-corrected chi connectivity index (χ3v) is 7.28. The van der Waals surface area contributed by atoms with Crippen LogP contribution in [0.1, 0.15) is 38.2 Å². The van der Waals surface area contributed by atoms with E-state index in [-0.39, 0.29) is 17.5 Å². The van der Waals surface area contributed by atoms with Gasteiger partial charge in [0.2, 0.25) is 11.0 Å². The average Bonchev–Trinajstić information content (AvgIpc) is 3.46. The highest BCUT2D eigenvalue weighted by Gasteiger charge is 2.35. The van der Waals surface area contributed by atoms with Gasteiger partial charge in [0.15, 0.2) is 5.76 Å². The summed E-state index contributed by atoms with van der Waals surface area (Å²) < 4.78 is 33.0. The van der Waals surface area contributed by atoms with Crippen LogP contribution in [0.4, 0.5) is 5.69 Å². The first-order valence-corrected chi connectivity index (χ1v) is 11.8. The van der Waals surface area contributed by atoms with Gasteiger partial charge in [0.25, 0.3) is 10.0 Å². The number of nitrogens with one attached hydrogen (secondary N) is 2. The van der Waals surface area contributed by atoms with Crippen LogP contribution in [0.25, 0.3) is 11.5 Å². The maximum Gasteiger partial charge on any atom is 0.276 e. The average molecular weight is 443 g/mol. The molecule has 1 saturated heterocycles. The highest BCUT2D eigenvalue weighted by Crippen LogP contribution is 2.28. The standard InChI is InChI=1S/C22H26N4O4S/c1-15(2)16-5-7-18(8-6-16)24-22(27)17-4-3-13-26(14-17)31(28,29)21-10-9-20(30-21)19-11-12-23-25-19/h5-12,15,17H,3-4,13-14H2,1-2H3,(H,23,25)(H,24,27). The molecule has 0 bridgehead atoms. The molecule has 1 aliphatic heterocycles. The quantitative estimate of drug-likeness (QED) is 0.603. The predicted octanol–water partition coefficient (Wildman–Crippen LogP) is 3.83. The fourth-order valence-electron chi connectivity index (χ4n) is 3.69. The Morgan fingerprint density at radius 2 is 1.97 bits per heavy atom. The summed E-state index contributed by atoms with van der Waals surface area (Å²) in [5, 5.41) is 9.38. The molecule has 1 unspecified atom stereocenters. The zero-order valence-electron chi connectivity index (χ0n) is 17.5. The molecule has 1 aliphatic rings. The molecule has 0 saturated carbocycles. The van der Waals surface area contributed by atoms with E-state index < -0.39 is 15.9 Å². The Bertz CT molecular complexity index is 1130. The van der Waals surface area contributed by atoms with Crippen molar-refractivity contribution in [3.63, 3.8) is 0 Å². The number of furan rings is 1. The van der Waals surface area contributed by atoms with Crippen molar-refractivity contribution in [1.82, 2.24) is 14.5 Å². The van der Waals surface area contributed by atoms with Gasteiger partial charge in [-0.25, -0.2) is 8.42 Å². The van der Waals surface area contributed by atoms with E-state index in [1.54, 1.807) is 18.3 Å². The summed E-state index contributed by atoms with van der Waals surface area (Å²) in [4.78, 5) is 12.8. The largest absolute Gasteiger partial charge is 0.442 e. The molecule has 164 valence electrons. The second-order valence-corrected chi connectivity index (χ2v) is 9.93. The van der Waals surface area contributed by atoms with Crippen molar-refractivity contribution in [2.24, 2.45) is 5.92 Å². The van der Waals surface area contributed by atoms with Gasteiger partial charge in [0.1, 0.15) is 5.69 Å². The predicted molar refractivity (Wildman–Crippen MR) is 117 cm³/mol. The molecular weight excluding hydrogens is 416 g/mol. The van der Waals surface area contributed by atoms with Crippen LogP contribution in [0, 0.1) is 5.92 Å². The first kappa shape index (κ1) is 21.3. The lowest BCUT2D eigenvalue weighted by Crippen LogP contribution is -2.43. The second kappa shape index (κ2) is 8.68. The molecule has 31 heavy (non-hydrogen) atoms. The summed E-state index contributed by atoms with van der Waals surface area (Å²) in [6.07, 6.45) is 2.81. The monoisotopic (exact) mass is 442 g/mol. The van der Waals surface area contributed by atoms with E-state index in [0.717, 1.165) is 0 Å². The van der Waals surface area contributed by atoms with Crippen molar-refractivity contribution in [1.29, 1.82) is 0 Å². The van der Waals surface area contributed by atoms with Crippen LogP contribution >= 0.6 is 0 Å². The zero-order chi connectivity index (χ0) is 22.0. The van der Waals surface area contributed by atoms with Crippen molar-refractivity contribution in [2.45, 2.75) is 37.7 Å². The summed E-state index contributed by atoms with van der Waals surface area (Å²) in [6, 6.07) is 12.5. The highest BCUT2D eigenvalue weighted by atomic mass is 32.2. The molecule has 2 N–H and O–H groups in total. The topological polar surface area (TPSA) is 108 Å². The number of hydrogen-bond acceptors (Lipinski definition) is 5. The van der Waals surface area contributed by atoms with Crippen molar-refractivity contribution >= 4 is 21.6 Å². The molecule has 4 rings (SSSR count). The van der Waals surface area contributed by atoms with Gasteiger partial charge >= 0.3 is 0 Å². The van der Waals surface area contributed by atoms with Crippen LogP contribution < -0.4 is 5.32 Å². The van der Waals surface area contributed by atoms with E-state index in [1.165, 1.54) is 15.9 Å². The number of H-pyrrole nitrogens is 1. The molecule has 2 aromatic heterocycles. The van der Waals surface area contributed by atoms with Crippen molar-refractivity contribution in [3.05, 3.63) is 54.2 Å². The Hall–Kier alpha value is -2.91.